The van der Waals surface area contributed by atoms with Gasteiger partial charge >= 0.3 is 35.5 Å². The van der Waals surface area contributed by atoms with E-state index in [1.807, 2.05) is 0 Å². The largest absolute Gasteiger partial charge is 0.381 e. The molecule has 0 saturated carbocycles. The zero-order valence-electron chi connectivity index (χ0n) is 10.3. The van der Waals surface area contributed by atoms with Crippen LogP contribution in [0.15, 0.2) is 18.3 Å². The Hall–Kier alpha value is 0.1000. The van der Waals surface area contributed by atoms with E-state index in [0.29, 0.717) is 0 Å². The SMILES string of the molecule is FC1(F)C(I)=C(C2=C(I)C(F)(F)C(F)(F)C2(F)F)C(F)(F)C1(F)F. The van der Waals surface area contributed by atoms with Gasteiger partial charge in [-0.3, -0.25) is 0 Å². The molecule has 0 aliphatic heterocycles. The highest BCUT2D eigenvalue weighted by Gasteiger charge is 2.86. The van der Waals surface area contributed by atoms with Crippen molar-refractivity contribution >= 4 is 45.2 Å². The fraction of sp³-hybridized carbons (Fsp3) is 0.600. The van der Waals surface area contributed by atoms with E-state index in [0.717, 1.165) is 0 Å². The lowest BCUT2D eigenvalue weighted by molar-refractivity contribution is -0.269. The van der Waals surface area contributed by atoms with Crippen LogP contribution in [0.2, 0.25) is 0 Å². The van der Waals surface area contributed by atoms with Crippen molar-refractivity contribution in [3.05, 3.63) is 18.3 Å². The Labute approximate surface area is 151 Å². The summed E-state index contributed by atoms with van der Waals surface area (Å²) in [5, 5.41) is 0. The quantitative estimate of drug-likeness (QED) is 0.248. The van der Waals surface area contributed by atoms with Gasteiger partial charge in [0.15, 0.2) is 0 Å². The molecule has 0 bridgehead atoms. The van der Waals surface area contributed by atoms with Crippen molar-refractivity contribution in [3.63, 3.8) is 0 Å². The molecule has 0 fully saturated rings. The van der Waals surface area contributed by atoms with Crippen LogP contribution in [0.1, 0.15) is 0 Å². The van der Waals surface area contributed by atoms with E-state index in [9.17, 15) is 52.7 Å². The van der Waals surface area contributed by atoms with Gasteiger partial charge in [0.25, 0.3) is 0 Å². The lowest BCUT2D eigenvalue weighted by Gasteiger charge is -2.28. The molecule has 138 valence electrons. The fourth-order valence-corrected chi connectivity index (χ4v) is 4.00. The Kier molecular flexibility index (Phi) is 4.15. The van der Waals surface area contributed by atoms with Gasteiger partial charge in [-0.2, -0.15) is 52.7 Å². The van der Waals surface area contributed by atoms with Crippen LogP contribution < -0.4 is 0 Å². The van der Waals surface area contributed by atoms with E-state index in [4.69, 9.17) is 0 Å². The highest BCUT2D eigenvalue weighted by atomic mass is 127. The van der Waals surface area contributed by atoms with Gasteiger partial charge in [-0.25, -0.2) is 0 Å². The Morgan fingerprint density at radius 3 is 0.750 bits per heavy atom. The van der Waals surface area contributed by atoms with Crippen LogP contribution in [0.4, 0.5) is 52.7 Å². The van der Waals surface area contributed by atoms with Crippen molar-refractivity contribution in [3.8, 4) is 0 Å². The Morgan fingerprint density at radius 1 is 0.417 bits per heavy atom. The number of hydrogen-bond acceptors (Lipinski definition) is 0. The second-order valence-electron chi connectivity index (χ2n) is 4.82. The smallest absolute Gasteiger partial charge is 0.194 e. The van der Waals surface area contributed by atoms with Crippen LogP contribution in [0, 0.1) is 0 Å². The summed E-state index contributed by atoms with van der Waals surface area (Å²) in [4.78, 5) is 0. The summed E-state index contributed by atoms with van der Waals surface area (Å²) in [5.41, 5.74) is -5.83. The molecule has 2 rings (SSSR count). The molecule has 0 aromatic carbocycles. The molecule has 0 unspecified atom stereocenters. The third kappa shape index (κ3) is 1.89. The normalized spacial score (nSPS) is 31.8. The lowest BCUT2D eigenvalue weighted by atomic mass is 9.97. The first-order valence-corrected chi connectivity index (χ1v) is 7.55. The van der Waals surface area contributed by atoms with Crippen molar-refractivity contribution < 1.29 is 52.7 Å². The zero-order chi connectivity index (χ0) is 19.3. The molecule has 0 amide bonds. The third-order valence-electron chi connectivity index (χ3n) is 3.45. The maximum absolute atomic E-state index is 13.7. The maximum atomic E-state index is 13.7. The first-order chi connectivity index (χ1) is 10.3. The first-order valence-electron chi connectivity index (χ1n) is 5.40. The molecule has 0 heterocycles. The average molecular weight is 602 g/mol. The molecule has 0 spiro atoms. The van der Waals surface area contributed by atoms with Crippen LogP contribution in [0.25, 0.3) is 0 Å². The lowest BCUT2D eigenvalue weighted by Crippen LogP contribution is -2.51. The van der Waals surface area contributed by atoms with Crippen molar-refractivity contribution in [2.75, 3.05) is 0 Å². The van der Waals surface area contributed by atoms with Gasteiger partial charge in [-0.15, -0.1) is 0 Å². The van der Waals surface area contributed by atoms with E-state index < -0.39 is 53.8 Å². The van der Waals surface area contributed by atoms with Crippen LogP contribution >= 0.6 is 45.2 Å². The first kappa shape index (κ1) is 20.4. The van der Waals surface area contributed by atoms with Gasteiger partial charge < -0.3 is 0 Å². The summed E-state index contributed by atoms with van der Waals surface area (Å²) in [5.74, 6) is -36.1. The van der Waals surface area contributed by atoms with Gasteiger partial charge in [-0.1, -0.05) is 0 Å². The minimum atomic E-state index is -6.26. The Bertz CT molecular complexity index is 613. The number of halogens is 14. The van der Waals surface area contributed by atoms with Gasteiger partial charge in [0.05, 0.1) is 18.3 Å². The number of allylic oxidation sites excluding steroid dienone is 4. The molecule has 14 heteroatoms. The van der Waals surface area contributed by atoms with E-state index in [1.165, 1.54) is 0 Å². The molecule has 0 saturated heterocycles. The molecule has 0 nitrogen and oxygen atoms in total. The molecular weight excluding hydrogens is 602 g/mol. The van der Waals surface area contributed by atoms with Crippen LogP contribution in [0.5, 0.6) is 0 Å². The van der Waals surface area contributed by atoms with Crippen molar-refractivity contribution in [1.82, 2.24) is 0 Å². The molecule has 0 N–H and O–H groups in total. The molecular formula is C10F12I2. The maximum Gasteiger partial charge on any atom is 0.381 e. The zero-order valence-corrected chi connectivity index (χ0v) is 14.6. The van der Waals surface area contributed by atoms with E-state index in [-0.39, 0.29) is 45.2 Å². The van der Waals surface area contributed by atoms with Gasteiger partial charge in [0, 0.05) is 0 Å². The van der Waals surface area contributed by atoms with Gasteiger partial charge in [-0.05, 0) is 45.2 Å². The predicted octanol–water partition coefficient (Wildman–Crippen LogP) is 6.20. The van der Waals surface area contributed by atoms with E-state index in [2.05, 4.69) is 0 Å². The highest BCUT2D eigenvalue weighted by Crippen LogP contribution is 2.69. The number of alkyl halides is 12. The average Bonchev–Trinajstić information content (AvgIpc) is 2.53. The Balaban J connectivity index is 2.90. The molecule has 24 heavy (non-hydrogen) atoms. The minimum Gasteiger partial charge on any atom is -0.194 e. The van der Waals surface area contributed by atoms with Crippen molar-refractivity contribution in [2.24, 2.45) is 0 Å². The fourth-order valence-electron chi connectivity index (χ4n) is 2.11. The highest BCUT2D eigenvalue weighted by molar-refractivity contribution is 14.1. The van der Waals surface area contributed by atoms with Crippen molar-refractivity contribution in [1.29, 1.82) is 0 Å². The molecule has 0 radical (unpaired) electrons. The number of hydrogen-bond donors (Lipinski definition) is 0. The summed E-state index contributed by atoms with van der Waals surface area (Å²) in [6.45, 7) is 0. The van der Waals surface area contributed by atoms with E-state index >= 15 is 0 Å². The summed E-state index contributed by atoms with van der Waals surface area (Å²) in [7, 11) is 0. The molecule has 0 aromatic rings. The molecule has 0 atom stereocenters. The monoisotopic (exact) mass is 602 g/mol. The minimum absolute atomic E-state index is 0.136. The Morgan fingerprint density at radius 2 is 0.625 bits per heavy atom. The number of rotatable bonds is 1. The second kappa shape index (κ2) is 4.88. The van der Waals surface area contributed by atoms with Crippen LogP contribution in [0.3, 0.4) is 0 Å². The van der Waals surface area contributed by atoms with Crippen molar-refractivity contribution in [2.45, 2.75) is 35.5 Å². The van der Waals surface area contributed by atoms with Gasteiger partial charge in [0.1, 0.15) is 0 Å². The second-order valence-corrected chi connectivity index (χ2v) is 6.98. The third-order valence-corrected chi connectivity index (χ3v) is 5.88. The molecule has 2 aliphatic rings. The summed E-state index contributed by atoms with van der Waals surface area (Å²) < 4.78 is 156. The van der Waals surface area contributed by atoms with Gasteiger partial charge in [0.2, 0.25) is 0 Å². The molecule has 2 aliphatic carbocycles. The van der Waals surface area contributed by atoms with Crippen LogP contribution in [-0.4, -0.2) is 35.5 Å². The summed E-state index contributed by atoms with van der Waals surface area (Å²) in [6.07, 6.45) is 0. The topological polar surface area (TPSA) is 0 Å². The summed E-state index contributed by atoms with van der Waals surface area (Å²) in [6, 6.07) is 0. The standard InChI is InChI=1S/C10F12I2/c11-5(12)1(3(23)7(15,16)9(5,19)20)2-4(24)8(17,18)10(21,22)6(2,13)14. The summed E-state index contributed by atoms with van der Waals surface area (Å²) >= 11 is 0.273. The molecule has 0 aromatic heterocycles. The van der Waals surface area contributed by atoms with Crippen LogP contribution in [-0.2, 0) is 0 Å². The van der Waals surface area contributed by atoms with E-state index in [1.54, 1.807) is 0 Å². The predicted molar refractivity (Wildman–Crippen MR) is 71.8 cm³/mol.